The highest BCUT2D eigenvalue weighted by molar-refractivity contribution is 5.99. The van der Waals surface area contributed by atoms with Crippen molar-refractivity contribution in [3.63, 3.8) is 0 Å². The third kappa shape index (κ3) is 8.78. The summed E-state index contributed by atoms with van der Waals surface area (Å²) in [4.78, 5) is 38.7. The van der Waals surface area contributed by atoms with Crippen LogP contribution in [0.3, 0.4) is 0 Å². The maximum atomic E-state index is 12.7. The van der Waals surface area contributed by atoms with Gasteiger partial charge in [-0.25, -0.2) is 9.59 Å². The molecule has 2 heterocycles. The number of carbonyl (C=O) groups is 2. The van der Waals surface area contributed by atoms with Gasteiger partial charge in [0.2, 0.25) is 17.7 Å². The van der Waals surface area contributed by atoms with Crippen LogP contribution in [-0.4, -0.2) is 62.7 Å². The molecule has 1 atom stereocenters. The van der Waals surface area contributed by atoms with Crippen LogP contribution in [0.15, 0.2) is 63.2 Å². The molecule has 0 aliphatic carbocycles. The second kappa shape index (κ2) is 13.1. The van der Waals surface area contributed by atoms with Crippen molar-refractivity contribution in [1.29, 1.82) is 0 Å². The van der Waals surface area contributed by atoms with Crippen LogP contribution in [0.25, 0.3) is 11.4 Å². The number of carboxylic acid groups (broad SMARTS) is 1. The Morgan fingerprint density at radius 1 is 1.11 bits per heavy atom. The fourth-order valence-electron chi connectivity index (χ4n) is 4.22. The summed E-state index contributed by atoms with van der Waals surface area (Å²) in [6, 6.07) is 11.8. The van der Waals surface area contributed by atoms with Gasteiger partial charge in [0.1, 0.15) is 12.2 Å². The largest absolute Gasteiger partial charge is 0.465 e. The summed E-state index contributed by atoms with van der Waals surface area (Å²) in [6.45, 7) is 7.45. The number of hydrogen-bond donors (Lipinski definition) is 2. The normalized spacial score (nSPS) is 16.2. The molecular weight excluding hydrogens is 585 g/mol. The van der Waals surface area contributed by atoms with Gasteiger partial charge in [-0.15, -0.1) is 4.99 Å². The van der Waals surface area contributed by atoms with E-state index in [0.717, 1.165) is 17.7 Å². The monoisotopic (exact) mass is 616 g/mol. The van der Waals surface area contributed by atoms with E-state index in [0.29, 0.717) is 41.5 Å². The van der Waals surface area contributed by atoms with Crippen LogP contribution in [0.5, 0.6) is 0 Å². The Morgan fingerprint density at radius 2 is 1.80 bits per heavy atom. The molecule has 0 spiro atoms. The van der Waals surface area contributed by atoms with Crippen LogP contribution in [0.1, 0.15) is 62.6 Å². The molecule has 0 bridgehead atoms. The molecular formula is C29H31F3N6O6. The molecule has 2 amide bonds. The van der Waals surface area contributed by atoms with E-state index < -0.39 is 29.5 Å². The number of carbonyl (C=O) groups excluding carboxylic acids is 1. The van der Waals surface area contributed by atoms with Crippen LogP contribution < -0.4 is 5.32 Å². The number of alkyl halides is 3. The first-order valence-electron chi connectivity index (χ1n) is 13.5. The van der Waals surface area contributed by atoms with Crippen LogP contribution in [0, 0.1) is 0 Å². The third-order valence-electron chi connectivity index (χ3n) is 6.36. The van der Waals surface area contributed by atoms with Crippen LogP contribution in [0.4, 0.5) is 22.8 Å². The van der Waals surface area contributed by atoms with Crippen LogP contribution >= 0.6 is 0 Å². The Labute approximate surface area is 250 Å². The summed E-state index contributed by atoms with van der Waals surface area (Å²) < 4.78 is 48.8. The van der Waals surface area contributed by atoms with Crippen molar-refractivity contribution in [2.24, 2.45) is 10.1 Å². The molecule has 0 unspecified atom stereocenters. The minimum absolute atomic E-state index is 0.0124. The van der Waals surface area contributed by atoms with E-state index in [1.807, 2.05) is 0 Å². The minimum atomic E-state index is -4.40. The Balaban J connectivity index is 1.36. The molecule has 0 saturated carbocycles. The van der Waals surface area contributed by atoms with Crippen molar-refractivity contribution >= 4 is 23.9 Å². The zero-order chi connectivity index (χ0) is 32.1. The lowest BCUT2D eigenvalue weighted by atomic mass is 10.1. The zero-order valence-electron chi connectivity index (χ0n) is 24.4. The number of aliphatic imine (C=N–C) groups is 1. The highest BCUT2D eigenvalue weighted by Gasteiger charge is 2.32. The number of rotatable bonds is 6. The summed E-state index contributed by atoms with van der Waals surface area (Å²) in [6.07, 6.45) is -6.13. The number of nitrogens with zero attached hydrogens (tertiary/aromatic N) is 5. The van der Waals surface area contributed by atoms with E-state index in [-0.39, 0.29) is 25.0 Å². The highest BCUT2D eigenvalue weighted by atomic mass is 19.4. The molecule has 12 nitrogen and oxygen atoms in total. The summed E-state index contributed by atoms with van der Waals surface area (Å²) in [5.74, 6) is 0.327. The predicted octanol–water partition coefficient (Wildman–Crippen LogP) is 6.04. The van der Waals surface area contributed by atoms with Gasteiger partial charge in [-0.1, -0.05) is 46.7 Å². The Kier molecular flexibility index (Phi) is 9.55. The fourth-order valence-corrected chi connectivity index (χ4v) is 4.22. The Bertz CT molecular complexity index is 1530. The molecule has 234 valence electrons. The first kappa shape index (κ1) is 32.0. The minimum Gasteiger partial charge on any atom is -0.465 e. The van der Waals surface area contributed by atoms with Crippen molar-refractivity contribution in [3.05, 3.63) is 71.1 Å². The molecule has 2 aromatic carbocycles. The number of amides is 2. The van der Waals surface area contributed by atoms with Crippen LogP contribution in [0.2, 0.25) is 0 Å². The second-order valence-electron chi connectivity index (χ2n) is 11.0. The quantitative estimate of drug-likeness (QED) is 0.192. The summed E-state index contributed by atoms with van der Waals surface area (Å²) in [5.41, 5.74) is 1.01. The average Bonchev–Trinajstić information content (AvgIpc) is 3.62. The molecule has 1 fully saturated rings. The lowest BCUT2D eigenvalue weighted by Gasteiger charge is -2.21. The number of likely N-dealkylation sites (tertiary alicyclic amines) is 1. The second-order valence-corrected chi connectivity index (χ2v) is 11.0. The van der Waals surface area contributed by atoms with Crippen molar-refractivity contribution in [2.75, 3.05) is 13.1 Å². The van der Waals surface area contributed by atoms with Gasteiger partial charge < -0.3 is 24.1 Å². The Hall–Kier alpha value is -4.95. The number of benzene rings is 2. The van der Waals surface area contributed by atoms with Gasteiger partial charge in [0.25, 0.3) is 0 Å². The lowest BCUT2D eigenvalue weighted by molar-refractivity contribution is -0.137. The van der Waals surface area contributed by atoms with E-state index in [2.05, 4.69) is 25.6 Å². The first-order chi connectivity index (χ1) is 20.7. The maximum Gasteiger partial charge on any atom is 0.437 e. The van der Waals surface area contributed by atoms with Crippen LogP contribution in [-0.2, 0) is 22.4 Å². The van der Waals surface area contributed by atoms with Gasteiger partial charge in [0.05, 0.1) is 17.2 Å². The van der Waals surface area contributed by atoms with Gasteiger partial charge >= 0.3 is 18.4 Å². The molecule has 4 rings (SSSR count). The number of aromatic nitrogens is 2. The smallest absolute Gasteiger partial charge is 0.437 e. The number of ether oxygens (including phenoxy) is 1. The number of halogens is 3. The maximum absolute atomic E-state index is 12.7. The van der Waals surface area contributed by atoms with E-state index in [4.69, 9.17) is 14.1 Å². The van der Waals surface area contributed by atoms with Gasteiger partial charge in [-0.3, -0.25) is 5.32 Å². The molecule has 1 aromatic heterocycles. The van der Waals surface area contributed by atoms with Crippen molar-refractivity contribution < 1.29 is 42.0 Å². The number of hydrogen-bond acceptors (Lipinski definition) is 8. The predicted molar refractivity (Wildman–Crippen MR) is 152 cm³/mol. The summed E-state index contributed by atoms with van der Waals surface area (Å²) in [7, 11) is 0. The first-order valence-corrected chi connectivity index (χ1v) is 13.5. The van der Waals surface area contributed by atoms with Crippen molar-refractivity contribution in [3.8, 4) is 11.4 Å². The average molecular weight is 617 g/mol. The summed E-state index contributed by atoms with van der Waals surface area (Å²) >= 11 is 0. The molecule has 44 heavy (non-hydrogen) atoms. The van der Waals surface area contributed by atoms with E-state index >= 15 is 0 Å². The molecule has 2 N–H and O–H groups in total. The van der Waals surface area contributed by atoms with Crippen molar-refractivity contribution in [1.82, 2.24) is 20.4 Å². The molecule has 0 radical (unpaired) electrons. The third-order valence-corrected chi connectivity index (χ3v) is 6.36. The highest BCUT2D eigenvalue weighted by Crippen LogP contribution is 2.30. The number of nitrogens with one attached hydrogen (secondary N) is 1. The van der Waals surface area contributed by atoms with Gasteiger partial charge in [0, 0.05) is 18.7 Å². The lowest BCUT2D eigenvalue weighted by Crippen LogP contribution is -2.43. The molecule has 15 heteroatoms. The van der Waals surface area contributed by atoms with E-state index in [1.165, 1.54) is 12.1 Å². The van der Waals surface area contributed by atoms with Gasteiger partial charge in [0.15, 0.2) is 0 Å². The van der Waals surface area contributed by atoms with Gasteiger partial charge in [-0.2, -0.15) is 18.2 Å². The van der Waals surface area contributed by atoms with Gasteiger partial charge in [-0.05, 0) is 57.4 Å². The molecule has 1 aliphatic rings. The SMILES string of the molecule is C/C(=N\OCc1ccc(C(F)(F)F)cc1)c1ccc(-c2noc([C@@H]3CCN(/C(=N/C(=O)OC(C)(C)C)NC(=O)O)C3)n2)cc1. The summed E-state index contributed by atoms with van der Waals surface area (Å²) in [5, 5.41) is 19.5. The van der Waals surface area contributed by atoms with E-state index in [1.54, 1.807) is 56.9 Å². The zero-order valence-corrected chi connectivity index (χ0v) is 24.4. The van der Waals surface area contributed by atoms with E-state index in [9.17, 15) is 27.9 Å². The van der Waals surface area contributed by atoms with Crippen molar-refractivity contribution in [2.45, 2.75) is 58.4 Å². The molecule has 1 aliphatic heterocycles. The Morgan fingerprint density at radius 3 is 2.41 bits per heavy atom. The topological polar surface area (TPSA) is 152 Å². The fraction of sp³-hybridized carbons (Fsp3) is 0.379. The number of oxime groups is 1. The standard InChI is InChI=1S/C29H31F3N6O6/c1-17(36-42-16-18-5-11-22(12-6-18)29(30,31)32)19-7-9-20(10-8-19)23-33-24(44-37-23)21-13-14-38(15-21)25(34-26(39)40)35-27(41)43-28(2,3)4/h5-12,21H,13-16H2,1-4H3,(H,39,40)(H,34,35,41)/b36-17+/t21-/m1/s1. The molecule has 3 aromatic rings. The number of guanidine groups is 1. The molecule has 1 saturated heterocycles.